The molecule has 30 heavy (non-hydrogen) atoms. The minimum atomic E-state index is -0.812. The van der Waals surface area contributed by atoms with E-state index < -0.39 is 11.5 Å². The average molecular weight is 411 g/mol. The van der Waals surface area contributed by atoms with E-state index in [1.807, 2.05) is 29.2 Å². The Bertz CT molecular complexity index is 1010. The number of hydrogen-bond donors (Lipinski definition) is 4. The van der Waals surface area contributed by atoms with Crippen molar-refractivity contribution in [2.24, 2.45) is 5.73 Å². The minimum Gasteiger partial charge on any atom is -0.368 e. The van der Waals surface area contributed by atoms with Crippen LogP contribution >= 0.6 is 0 Å². The quantitative estimate of drug-likeness (QED) is 0.553. The number of nitrogens with zero attached hydrogens (tertiary/aromatic N) is 3. The first kappa shape index (κ1) is 19.7. The van der Waals surface area contributed by atoms with Crippen LogP contribution in [0.2, 0.25) is 0 Å². The van der Waals surface area contributed by atoms with Crippen LogP contribution in [0.25, 0.3) is 0 Å². The summed E-state index contributed by atoms with van der Waals surface area (Å²) >= 11 is 0. The maximum Gasteiger partial charge on any atom is 0.267 e. The molecule has 2 heterocycles. The van der Waals surface area contributed by atoms with Crippen molar-refractivity contribution in [1.82, 2.24) is 14.9 Å². The van der Waals surface area contributed by atoms with E-state index in [1.54, 1.807) is 6.92 Å². The molecule has 0 unspecified atom stereocenters. The van der Waals surface area contributed by atoms with Crippen molar-refractivity contribution in [3.8, 4) is 0 Å². The van der Waals surface area contributed by atoms with Crippen LogP contribution in [0.4, 0.5) is 23.1 Å². The summed E-state index contributed by atoms with van der Waals surface area (Å²) in [5.41, 5.74) is 6.41. The summed E-state index contributed by atoms with van der Waals surface area (Å²) in [7, 11) is 0. The van der Waals surface area contributed by atoms with Gasteiger partial charge in [-0.05, 0) is 37.1 Å². The average Bonchev–Trinajstić information content (AvgIpc) is 3.52. The lowest BCUT2D eigenvalue weighted by Crippen LogP contribution is -2.48. The van der Waals surface area contributed by atoms with Gasteiger partial charge in [0.2, 0.25) is 11.9 Å². The minimum absolute atomic E-state index is 0.105. The molecule has 158 valence electrons. The number of nitrogens with one attached hydrogen (secondary N) is 3. The molecule has 0 radical (unpaired) electrons. The van der Waals surface area contributed by atoms with Crippen LogP contribution in [-0.2, 0) is 4.79 Å². The van der Waals surface area contributed by atoms with E-state index in [9.17, 15) is 14.4 Å². The molecule has 1 aromatic carbocycles. The van der Waals surface area contributed by atoms with Gasteiger partial charge in [0.25, 0.3) is 11.5 Å². The standard InChI is InChI=1S/C20H25N7O3/c1-12(28)26-8-10-27(11-9-26)15-6-4-14(5-7-15)23-20-24-18(22-13-2-3-13)16(17(21)29)19(30)25-20/h4-7,13H,2-3,8-11H2,1H3,(H2,21,29)(H3,22,23,24,25,30). The number of hydrogen-bond acceptors (Lipinski definition) is 7. The Morgan fingerprint density at radius 3 is 2.37 bits per heavy atom. The molecule has 2 aliphatic rings. The fourth-order valence-corrected chi connectivity index (χ4v) is 3.46. The first-order chi connectivity index (χ1) is 14.4. The summed E-state index contributed by atoms with van der Waals surface area (Å²) in [6.45, 7) is 4.58. The van der Waals surface area contributed by atoms with Crippen molar-refractivity contribution in [3.05, 3.63) is 40.2 Å². The normalized spacial score (nSPS) is 16.3. The van der Waals surface area contributed by atoms with Gasteiger partial charge in [-0.2, -0.15) is 4.98 Å². The molecule has 1 saturated carbocycles. The maximum absolute atomic E-state index is 12.3. The molecule has 1 saturated heterocycles. The number of benzene rings is 1. The van der Waals surface area contributed by atoms with E-state index in [0.29, 0.717) is 13.1 Å². The molecule has 0 atom stereocenters. The highest BCUT2D eigenvalue weighted by Crippen LogP contribution is 2.26. The second kappa shape index (κ2) is 8.05. The third-order valence-electron chi connectivity index (χ3n) is 5.30. The van der Waals surface area contributed by atoms with Crippen molar-refractivity contribution >= 4 is 35.0 Å². The summed E-state index contributed by atoms with van der Waals surface area (Å²) in [6.07, 6.45) is 1.94. The van der Waals surface area contributed by atoms with Gasteiger partial charge in [-0.3, -0.25) is 19.4 Å². The monoisotopic (exact) mass is 411 g/mol. The van der Waals surface area contributed by atoms with Crippen molar-refractivity contribution in [2.45, 2.75) is 25.8 Å². The number of anilines is 4. The Hall–Kier alpha value is -3.56. The van der Waals surface area contributed by atoms with E-state index in [2.05, 4.69) is 25.5 Å². The van der Waals surface area contributed by atoms with E-state index in [0.717, 1.165) is 37.3 Å². The number of amides is 2. The van der Waals surface area contributed by atoms with Crippen LogP contribution < -0.4 is 26.8 Å². The molecule has 10 nitrogen and oxygen atoms in total. The van der Waals surface area contributed by atoms with Gasteiger partial charge in [-0.1, -0.05) is 0 Å². The maximum atomic E-state index is 12.3. The second-order valence-electron chi connectivity index (χ2n) is 7.59. The van der Waals surface area contributed by atoms with E-state index in [4.69, 9.17) is 5.73 Å². The van der Waals surface area contributed by atoms with Gasteiger partial charge in [0.05, 0.1) is 0 Å². The molecule has 1 aliphatic heterocycles. The molecule has 2 aromatic rings. The molecule has 4 rings (SSSR count). The van der Waals surface area contributed by atoms with Crippen molar-refractivity contribution in [3.63, 3.8) is 0 Å². The highest BCUT2D eigenvalue weighted by atomic mass is 16.2. The van der Waals surface area contributed by atoms with Crippen LogP contribution in [0, 0.1) is 0 Å². The van der Waals surface area contributed by atoms with Gasteiger partial charge in [-0.25, -0.2) is 0 Å². The predicted molar refractivity (Wildman–Crippen MR) is 114 cm³/mol. The molecular weight excluding hydrogens is 386 g/mol. The lowest BCUT2D eigenvalue weighted by Gasteiger charge is -2.35. The van der Waals surface area contributed by atoms with Gasteiger partial charge in [0.15, 0.2) is 0 Å². The summed E-state index contributed by atoms with van der Waals surface area (Å²) in [5, 5.41) is 6.16. The zero-order chi connectivity index (χ0) is 21.3. The second-order valence-corrected chi connectivity index (χ2v) is 7.59. The Morgan fingerprint density at radius 1 is 1.13 bits per heavy atom. The summed E-state index contributed by atoms with van der Waals surface area (Å²) in [6, 6.07) is 7.95. The molecule has 1 aromatic heterocycles. The number of carbonyl (C=O) groups excluding carboxylic acids is 2. The van der Waals surface area contributed by atoms with Crippen molar-refractivity contribution < 1.29 is 9.59 Å². The molecule has 2 fully saturated rings. The highest BCUT2D eigenvalue weighted by Gasteiger charge is 2.25. The molecule has 0 spiro atoms. The van der Waals surface area contributed by atoms with Crippen molar-refractivity contribution in [1.29, 1.82) is 0 Å². The summed E-state index contributed by atoms with van der Waals surface area (Å²) in [4.78, 5) is 46.4. The van der Waals surface area contributed by atoms with Crippen LogP contribution in [-0.4, -0.2) is 58.9 Å². The van der Waals surface area contributed by atoms with E-state index in [1.165, 1.54) is 0 Å². The van der Waals surface area contributed by atoms with Gasteiger partial charge in [0, 0.05) is 50.5 Å². The zero-order valence-corrected chi connectivity index (χ0v) is 16.8. The van der Waals surface area contributed by atoms with Crippen molar-refractivity contribution in [2.75, 3.05) is 41.7 Å². The Balaban J connectivity index is 1.47. The van der Waals surface area contributed by atoms with E-state index >= 15 is 0 Å². The third-order valence-corrected chi connectivity index (χ3v) is 5.30. The Labute approximate surface area is 173 Å². The SMILES string of the molecule is CC(=O)N1CCN(c2ccc(Nc3nc(NC4CC4)c(C(N)=O)c(=O)[nH]3)cc2)CC1. The molecule has 1 aliphatic carbocycles. The topological polar surface area (TPSA) is 136 Å². The molecule has 0 bridgehead atoms. The number of carbonyl (C=O) groups is 2. The largest absolute Gasteiger partial charge is 0.368 e. The Morgan fingerprint density at radius 2 is 1.80 bits per heavy atom. The van der Waals surface area contributed by atoms with Crippen LogP contribution in [0.3, 0.4) is 0 Å². The first-order valence-corrected chi connectivity index (χ1v) is 9.99. The van der Waals surface area contributed by atoms with Crippen LogP contribution in [0.1, 0.15) is 30.1 Å². The smallest absolute Gasteiger partial charge is 0.267 e. The lowest BCUT2D eigenvalue weighted by atomic mass is 10.2. The van der Waals surface area contributed by atoms with Gasteiger partial charge < -0.3 is 26.2 Å². The van der Waals surface area contributed by atoms with Gasteiger partial charge >= 0.3 is 0 Å². The molecule has 2 amide bonds. The lowest BCUT2D eigenvalue weighted by molar-refractivity contribution is -0.129. The number of nitrogens with two attached hydrogens (primary N) is 1. The fraction of sp³-hybridized carbons (Fsp3) is 0.400. The Kier molecular flexibility index (Phi) is 5.30. The van der Waals surface area contributed by atoms with E-state index in [-0.39, 0.29) is 29.3 Å². The number of aromatic amines is 1. The zero-order valence-electron chi connectivity index (χ0n) is 16.8. The number of piperazine rings is 1. The molecular formula is C20H25N7O3. The number of aromatic nitrogens is 2. The highest BCUT2D eigenvalue weighted by molar-refractivity contribution is 5.97. The predicted octanol–water partition coefficient (Wildman–Crippen LogP) is 0.855. The molecule has 10 heteroatoms. The number of rotatable bonds is 6. The summed E-state index contributed by atoms with van der Waals surface area (Å²) < 4.78 is 0. The number of primary amides is 1. The number of H-pyrrole nitrogens is 1. The van der Waals surface area contributed by atoms with Crippen LogP contribution in [0.5, 0.6) is 0 Å². The first-order valence-electron chi connectivity index (χ1n) is 9.99. The van der Waals surface area contributed by atoms with Crippen LogP contribution in [0.15, 0.2) is 29.1 Å². The van der Waals surface area contributed by atoms with Gasteiger partial charge in [-0.15, -0.1) is 0 Å². The third kappa shape index (κ3) is 4.37. The molecule has 5 N–H and O–H groups in total. The summed E-state index contributed by atoms with van der Waals surface area (Å²) in [5.74, 6) is -0.270. The fourth-order valence-electron chi connectivity index (χ4n) is 3.46. The van der Waals surface area contributed by atoms with Gasteiger partial charge in [0.1, 0.15) is 11.4 Å².